The number of hydrogen-bond acceptors (Lipinski definition) is 2. The van der Waals surface area contributed by atoms with Gasteiger partial charge in [-0.2, -0.15) is 0 Å². The molecule has 0 aromatic carbocycles. The highest BCUT2D eigenvalue weighted by Gasteiger charge is 2.31. The van der Waals surface area contributed by atoms with Crippen LogP contribution >= 0.6 is 0 Å². The second-order valence-electron chi connectivity index (χ2n) is 4.48. The number of hydrogen-bond donors (Lipinski definition) is 1. The molecule has 2 heteroatoms. The van der Waals surface area contributed by atoms with Crippen molar-refractivity contribution in [2.75, 3.05) is 13.1 Å². The Hall–Kier alpha value is -0.520. The van der Waals surface area contributed by atoms with Crippen LogP contribution in [0.15, 0.2) is 0 Å². The molecule has 2 nitrogen and oxygen atoms in total. The predicted octanol–water partition coefficient (Wildman–Crippen LogP) is 1.10. The lowest BCUT2D eigenvalue weighted by Crippen LogP contribution is -2.51. The lowest BCUT2D eigenvalue weighted by molar-refractivity contribution is 0.00902. The molecule has 1 rings (SSSR count). The Morgan fingerprint density at radius 3 is 2.62 bits per heavy atom. The van der Waals surface area contributed by atoms with Gasteiger partial charge in [0.15, 0.2) is 0 Å². The van der Waals surface area contributed by atoms with E-state index >= 15 is 0 Å². The van der Waals surface area contributed by atoms with Gasteiger partial charge in [-0.15, -0.1) is 6.42 Å². The number of aliphatic hydroxyl groups is 1. The van der Waals surface area contributed by atoms with Crippen LogP contribution in [0.3, 0.4) is 0 Å². The third-order valence-corrected chi connectivity index (χ3v) is 3.00. The maximum absolute atomic E-state index is 9.56. The zero-order valence-electron chi connectivity index (χ0n) is 8.75. The summed E-state index contributed by atoms with van der Waals surface area (Å²) in [5, 5.41) is 9.56. The summed E-state index contributed by atoms with van der Waals surface area (Å²) in [6.45, 7) is 7.99. The van der Waals surface area contributed by atoms with Crippen LogP contribution < -0.4 is 0 Å². The molecule has 0 unspecified atom stereocenters. The van der Waals surface area contributed by atoms with E-state index in [1.54, 1.807) is 0 Å². The summed E-state index contributed by atoms with van der Waals surface area (Å²) < 4.78 is 0. The molecule has 13 heavy (non-hydrogen) atoms. The second kappa shape index (κ2) is 3.69. The summed E-state index contributed by atoms with van der Waals surface area (Å²) in [6.07, 6.45) is 6.15. The molecule has 0 aromatic heterocycles. The molecule has 0 bridgehead atoms. The molecule has 0 amide bonds. The zero-order valence-corrected chi connectivity index (χ0v) is 8.75. The van der Waals surface area contributed by atoms with Crippen molar-refractivity contribution in [3.63, 3.8) is 0 Å². The molecule has 1 aliphatic heterocycles. The van der Waals surface area contributed by atoms with Crippen molar-refractivity contribution in [1.82, 2.24) is 4.90 Å². The van der Waals surface area contributed by atoms with Crippen molar-refractivity contribution in [2.45, 2.75) is 38.8 Å². The van der Waals surface area contributed by atoms with Gasteiger partial charge in [0.25, 0.3) is 0 Å². The Labute approximate surface area is 80.9 Å². The van der Waals surface area contributed by atoms with Crippen LogP contribution in [0.2, 0.25) is 0 Å². The average molecular weight is 181 g/mol. The monoisotopic (exact) mass is 181 g/mol. The average Bonchev–Trinajstić information content (AvgIpc) is 2.09. The molecule has 0 saturated carbocycles. The Bertz CT molecular complexity index is 217. The smallest absolute Gasteiger partial charge is 0.0766 e. The minimum Gasteiger partial charge on any atom is -0.393 e. The van der Waals surface area contributed by atoms with Gasteiger partial charge in [0.05, 0.1) is 11.6 Å². The first-order valence-electron chi connectivity index (χ1n) is 4.88. The highest BCUT2D eigenvalue weighted by atomic mass is 16.3. The highest BCUT2D eigenvalue weighted by molar-refractivity contribution is 5.09. The number of likely N-dealkylation sites (tertiary alicyclic amines) is 1. The fraction of sp³-hybridized carbons (Fsp3) is 0.818. The maximum Gasteiger partial charge on any atom is 0.0766 e. The second-order valence-corrected chi connectivity index (χ2v) is 4.48. The molecule has 1 fully saturated rings. The van der Waals surface area contributed by atoms with E-state index in [-0.39, 0.29) is 11.6 Å². The van der Waals surface area contributed by atoms with Gasteiger partial charge in [-0.3, -0.25) is 4.90 Å². The number of piperidine rings is 1. The van der Waals surface area contributed by atoms with E-state index in [1.165, 1.54) is 0 Å². The summed E-state index contributed by atoms with van der Waals surface area (Å²) in [5.41, 5.74) is -0.172. The number of nitrogens with zero attached hydrogens (tertiary/aromatic N) is 1. The van der Waals surface area contributed by atoms with Crippen LogP contribution in [0, 0.1) is 18.3 Å². The standard InChI is InChI=1S/C11H19NO/c1-5-11(3,4)12-7-6-10(13)9(2)8-12/h1,9-10,13H,6-8H2,2-4H3/t9-,10+/m1/s1. The lowest BCUT2D eigenvalue weighted by atomic mass is 9.92. The summed E-state index contributed by atoms with van der Waals surface area (Å²) in [4.78, 5) is 2.27. The maximum atomic E-state index is 9.56. The SMILES string of the molecule is C#CC(C)(C)N1CC[C@H](O)[C@H](C)C1. The Morgan fingerprint density at radius 1 is 1.54 bits per heavy atom. The van der Waals surface area contributed by atoms with Gasteiger partial charge in [-0.05, 0) is 26.2 Å². The molecule has 1 heterocycles. The molecule has 2 atom stereocenters. The molecule has 0 aromatic rings. The quantitative estimate of drug-likeness (QED) is 0.612. The van der Waals surface area contributed by atoms with E-state index in [1.807, 2.05) is 0 Å². The third-order valence-electron chi connectivity index (χ3n) is 3.00. The van der Waals surface area contributed by atoms with Crippen LogP contribution in [-0.2, 0) is 0 Å². The van der Waals surface area contributed by atoms with E-state index in [0.29, 0.717) is 5.92 Å². The van der Waals surface area contributed by atoms with Gasteiger partial charge in [0.1, 0.15) is 0 Å². The molecule has 1 N–H and O–H groups in total. The minimum absolute atomic E-state index is 0.148. The van der Waals surface area contributed by atoms with E-state index < -0.39 is 0 Å². The van der Waals surface area contributed by atoms with Crippen molar-refractivity contribution < 1.29 is 5.11 Å². The van der Waals surface area contributed by atoms with E-state index in [9.17, 15) is 5.11 Å². The van der Waals surface area contributed by atoms with Gasteiger partial charge in [-0.1, -0.05) is 12.8 Å². The molecule has 0 aliphatic carbocycles. The largest absolute Gasteiger partial charge is 0.393 e. The summed E-state index contributed by atoms with van der Waals surface area (Å²) in [6, 6.07) is 0. The fourth-order valence-electron chi connectivity index (χ4n) is 1.73. The van der Waals surface area contributed by atoms with Crippen LogP contribution in [-0.4, -0.2) is 34.7 Å². The molecule has 0 radical (unpaired) electrons. The molecule has 74 valence electrons. The van der Waals surface area contributed by atoms with Crippen molar-refractivity contribution in [3.05, 3.63) is 0 Å². The first-order chi connectivity index (χ1) is 5.97. The predicted molar refractivity (Wildman–Crippen MR) is 54.3 cm³/mol. The zero-order chi connectivity index (χ0) is 10.1. The van der Waals surface area contributed by atoms with Crippen LogP contribution in [0.4, 0.5) is 0 Å². The topological polar surface area (TPSA) is 23.5 Å². The molecule has 1 aliphatic rings. The normalized spacial score (nSPS) is 31.3. The first-order valence-corrected chi connectivity index (χ1v) is 4.88. The third kappa shape index (κ3) is 2.24. The van der Waals surface area contributed by atoms with Gasteiger partial charge < -0.3 is 5.11 Å². The lowest BCUT2D eigenvalue weighted by Gasteiger charge is -2.41. The number of rotatable bonds is 1. The summed E-state index contributed by atoms with van der Waals surface area (Å²) in [7, 11) is 0. The first kappa shape index (κ1) is 10.6. The molecule has 1 saturated heterocycles. The molecular formula is C11H19NO. The van der Waals surface area contributed by atoms with Gasteiger partial charge in [0.2, 0.25) is 0 Å². The van der Waals surface area contributed by atoms with Crippen molar-refractivity contribution >= 4 is 0 Å². The van der Waals surface area contributed by atoms with Crippen molar-refractivity contribution in [1.29, 1.82) is 0 Å². The number of terminal acetylenes is 1. The summed E-state index contributed by atoms with van der Waals surface area (Å²) >= 11 is 0. The van der Waals surface area contributed by atoms with Crippen LogP contribution in [0.5, 0.6) is 0 Å². The minimum atomic E-state index is -0.172. The Morgan fingerprint density at radius 2 is 2.15 bits per heavy atom. The highest BCUT2D eigenvalue weighted by Crippen LogP contribution is 2.23. The molecule has 0 spiro atoms. The Kier molecular flexibility index (Phi) is 3.00. The van der Waals surface area contributed by atoms with E-state index in [2.05, 4.69) is 31.6 Å². The summed E-state index contributed by atoms with van der Waals surface area (Å²) in [5.74, 6) is 3.13. The molecular weight excluding hydrogens is 162 g/mol. The van der Waals surface area contributed by atoms with Gasteiger partial charge in [0, 0.05) is 13.1 Å². The van der Waals surface area contributed by atoms with Gasteiger partial charge >= 0.3 is 0 Å². The van der Waals surface area contributed by atoms with Gasteiger partial charge in [-0.25, -0.2) is 0 Å². The van der Waals surface area contributed by atoms with Crippen LogP contribution in [0.25, 0.3) is 0 Å². The van der Waals surface area contributed by atoms with Crippen LogP contribution in [0.1, 0.15) is 27.2 Å². The van der Waals surface area contributed by atoms with Crippen molar-refractivity contribution in [3.8, 4) is 12.3 Å². The fourth-order valence-corrected chi connectivity index (χ4v) is 1.73. The Balaban J connectivity index is 2.61. The van der Waals surface area contributed by atoms with E-state index in [0.717, 1.165) is 19.5 Å². The van der Waals surface area contributed by atoms with Crippen molar-refractivity contribution in [2.24, 2.45) is 5.92 Å². The van der Waals surface area contributed by atoms with E-state index in [4.69, 9.17) is 6.42 Å². The number of aliphatic hydroxyl groups excluding tert-OH is 1.